The zero-order valence-electron chi connectivity index (χ0n) is 34.9. The van der Waals surface area contributed by atoms with Gasteiger partial charge in [-0.2, -0.15) is 5.26 Å². The van der Waals surface area contributed by atoms with Crippen LogP contribution in [-0.4, -0.2) is 82.5 Å². The number of hydrogen-bond acceptors (Lipinski definition) is 13. The second-order valence-corrected chi connectivity index (χ2v) is 15.4. The van der Waals surface area contributed by atoms with Crippen molar-refractivity contribution in [2.45, 2.75) is 13.8 Å². The fourth-order valence-corrected chi connectivity index (χ4v) is 8.04. The first kappa shape index (κ1) is 41.1. The molecule has 2 fully saturated rings. The zero-order valence-corrected chi connectivity index (χ0v) is 35.7. The zero-order chi connectivity index (χ0) is 43.1. The van der Waals surface area contributed by atoms with E-state index in [-0.39, 0.29) is 0 Å². The van der Waals surface area contributed by atoms with Crippen LogP contribution >= 0.6 is 11.6 Å². The van der Waals surface area contributed by atoms with Crippen molar-refractivity contribution >= 4 is 68.1 Å². The minimum Gasteiger partial charge on any atom is -0.378 e. The molecule has 0 saturated carbocycles. The molecule has 13 nitrogen and oxygen atoms in total. The molecule has 8 heterocycles. The largest absolute Gasteiger partial charge is 0.378 e. The van der Waals surface area contributed by atoms with Gasteiger partial charge in [0.05, 0.1) is 82.2 Å². The number of benzene rings is 2. The van der Waals surface area contributed by atoms with Crippen LogP contribution in [0.4, 0.5) is 34.6 Å². The van der Waals surface area contributed by atoms with Crippen LogP contribution in [0.1, 0.15) is 16.7 Å². The predicted octanol–water partition coefficient (Wildman–Crippen LogP) is 9.69. The third-order valence-corrected chi connectivity index (χ3v) is 11.4. The Balaban J connectivity index is 0.000000160. The quantitative estimate of drug-likeness (QED) is 0.149. The molecule has 2 aliphatic heterocycles. The van der Waals surface area contributed by atoms with E-state index in [4.69, 9.17) is 41.0 Å². The first-order chi connectivity index (χ1) is 30.9. The Kier molecular flexibility index (Phi) is 12.3. The number of nitrogens with one attached hydrogen (secondary N) is 2. The van der Waals surface area contributed by atoms with Crippen LogP contribution in [-0.2, 0) is 9.47 Å². The van der Waals surface area contributed by atoms with Crippen LogP contribution in [0.15, 0.2) is 122 Å². The standard InChI is InChI=1S/C25H22N6O.C24H22ClN5O/c1-17-23(29-21-9-5-10-22(28-21)31-12-14-32-15-13-31)19-7-4-6-18(16-26)25(19)30-24(17)20-8-2-3-11-27-20;1-16-22(28-20-9-5-10-21(27-20)30-12-14-31-15-13-30)17-6-4-7-18(25)24(17)29-23(16)19-8-2-3-11-26-19/h2-11H,12-15H2,1H3,(H,28,29,30);2-11H,12-15H2,1H3,(H,27,28,29). The number of pyridine rings is 6. The van der Waals surface area contributed by atoms with Gasteiger partial charge in [-0.1, -0.05) is 60.1 Å². The Morgan fingerprint density at radius 1 is 0.556 bits per heavy atom. The van der Waals surface area contributed by atoms with Crippen molar-refractivity contribution in [2.24, 2.45) is 0 Å². The molecule has 0 radical (unpaired) electrons. The number of fused-ring (bicyclic) bond motifs is 2. The minimum absolute atomic E-state index is 0.526. The van der Waals surface area contributed by atoms with Crippen LogP contribution in [0.5, 0.6) is 0 Å². The fraction of sp³-hybridized carbons (Fsp3) is 0.204. The Morgan fingerprint density at radius 2 is 1.03 bits per heavy atom. The first-order valence-electron chi connectivity index (χ1n) is 20.8. The Hall–Kier alpha value is -7.24. The van der Waals surface area contributed by atoms with E-state index in [1.807, 2.05) is 117 Å². The number of anilines is 6. The molecule has 0 unspecified atom stereocenters. The number of aromatic nitrogens is 6. The average Bonchev–Trinajstić information content (AvgIpc) is 3.34. The van der Waals surface area contributed by atoms with Crippen LogP contribution in [0.2, 0.25) is 5.02 Å². The van der Waals surface area contributed by atoms with E-state index in [2.05, 4.69) is 36.5 Å². The second-order valence-electron chi connectivity index (χ2n) is 15.0. The highest BCUT2D eigenvalue weighted by atomic mass is 35.5. The van der Waals surface area contributed by atoms with E-state index in [1.165, 1.54) is 0 Å². The van der Waals surface area contributed by atoms with E-state index in [9.17, 15) is 5.26 Å². The number of nitriles is 1. The van der Waals surface area contributed by atoms with Gasteiger partial charge in [0.15, 0.2) is 0 Å². The molecule has 314 valence electrons. The van der Waals surface area contributed by atoms with Crippen molar-refractivity contribution in [2.75, 3.05) is 73.0 Å². The molecule has 2 aromatic carbocycles. The summed E-state index contributed by atoms with van der Waals surface area (Å²) in [5.41, 5.74) is 8.77. The van der Waals surface area contributed by atoms with Crippen LogP contribution in [0.25, 0.3) is 44.6 Å². The normalized spacial score (nSPS) is 13.9. The molecule has 0 bridgehead atoms. The average molecular weight is 854 g/mol. The monoisotopic (exact) mass is 853 g/mol. The summed E-state index contributed by atoms with van der Waals surface area (Å²) in [5, 5.41) is 19.1. The predicted molar refractivity (Wildman–Crippen MR) is 250 cm³/mol. The molecule has 0 atom stereocenters. The molecule has 2 saturated heterocycles. The number of ether oxygens (including phenoxy) is 2. The fourth-order valence-electron chi connectivity index (χ4n) is 7.82. The van der Waals surface area contributed by atoms with Crippen LogP contribution in [0, 0.1) is 25.2 Å². The second kappa shape index (κ2) is 18.8. The van der Waals surface area contributed by atoms with Gasteiger partial charge in [0.1, 0.15) is 29.3 Å². The highest BCUT2D eigenvalue weighted by Crippen LogP contribution is 2.38. The molecule has 2 N–H and O–H groups in total. The molecule has 6 aromatic heterocycles. The summed E-state index contributed by atoms with van der Waals surface area (Å²) in [6.45, 7) is 10.2. The molecular formula is C49H44ClN11O2. The van der Waals surface area contributed by atoms with Crippen molar-refractivity contribution in [3.8, 4) is 28.8 Å². The summed E-state index contributed by atoms with van der Waals surface area (Å²) in [6.07, 6.45) is 3.52. The Labute approximate surface area is 370 Å². The van der Waals surface area contributed by atoms with E-state index in [0.717, 1.165) is 124 Å². The topological polar surface area (TPSA) is 150 Å². The van der Waals surface area contributed by atoms with Crippen molar-refractivity contribution in [1.82, 2.24) is 29.9 Å². The number of halogens is 1. The van der Waals surface area contributed by atoms with Gasteiger partial charge in [-0.25, -0.2) is 19.9 Å². The van der Waals surface area contributed by atoms with E-state index < -0.39 is 0 Å². The first-order valence-corrected chi connectivity index (χ1v) is 21.2. The van der Waals surface area contributed by atoms with Crippen LogP contribution < -0.4 is 20.4 Å². The molecular weight excluding hydrogens is 810 g/mol. The SMILES string of the molecule is Cc1c(-c2ccccn2)nc2c(C#N)cccc2c1Nc1cccc(N2CCOCC2)n1.Cc1c(-c2ccccn2)nc2c(Cl)cccc2c1Nc1cccc(N2CCOCC2)n1. The van der Waals surface area contributed by atoms with Gasteiger partial charge in [0, 0.05) is 60.5 Å². The molecule has 14 heteroatoms. The van der Waals surface area contributed by atoms with E-state index >= 15 is 0 Å². The van der Waals surface area contributed by atoms with E-state index in [1.54, 1.807) is 18.5 Å². The van der Waals surface area contributed by atoms with Crippen LogP contribution in [0.3, 0.4) is 0 Å². The van der Waals surface area contributed by atoms with Gasteiger partial charge in [-0.05, 0) is 74.5 Å². The summed E-state index contributed by atoms with van der Waals surface area (Å²) in [4.78, 5) is 32.9. The van der Waals surface area contributed by atoms with Crippen molar-refractivity contribution in [1.29, 1.82) is 5.26 Å². The maximum absolute atomic E-state index is 9.67. The lowest BCUT2D eigenvalue weighted by molar-refractivity contribution is 0.122. The number of para-hydroxylation sites is 2. The van der Waals surface area contributed by atoms with Crippen molar-refractivity contribution < 1.29 is 9.47 Å². The summed E-state index contributed by atoms with van der Waals surface area (Å²) in [7, 11) is 0. The molecule has 0 spiro atoms. The summed E-state index contributed by atoms with van der Waals surface area (Å²) >= 11 is 6.53. The molecule has 0 amide bonds. The van der Waals surface area contributed by atoms with Crippen molar-refractivity contribution in [3.63, 3.8) is 0 Å². The molecule has 2 aliphatic rings. The number of hydrogen-bond donors (Lipinski definition) is 2. The van der Waals surface area contributed by atoms with Gasteiger partial charge in [-0.3, -0.25) is 9.97 Å². The maximum Gasteiger partial charge on any atom is 0.132 e. The third kappa shape index (κ3) is 8.92. The number of morpholine rings is 2. The molecule has 63 heavy (non-hydrogen) atoms. The lowest BCUT2D eigenvalue weighted by Gasteiger charge is -2.28. The minimum atomic E-state index is 0.526. The third-order valence-electron chi connectivity index (χ3n) is 11.0. The number of nitrogens with zero attached hydrogens (tertiary/aromatic N) is 9. The van der Waals surface area contributed by atoms with Gasteiger partial charge in [-0.15, -0.1) is 0 Å². The molecule has 8 aromatic rings. The van der Waals surface area contributed by atoms with Gasteiger partial charge >= 0.3 is 0 Å². The summed E-state index contributed by atoms with van der Waals surface area (Å²) < 4.78 is 10.9. The van der Waals surface area contributed by atoms with Gasteiger partial charge in [0.25, 0.3) is 0 Å². The highest BCUT2D eigenvalue weighted by Gasteiger charge is 2.20. The summed E-state index contributed by atoms with van der Waals surface area (Å²) in [5.74, 6) is 3.36. The van der Waals surface area contributed by atoms with Gasteiger partial charge in [0.2, 0.25) is 0 Å². The van der Waals surface area contributed by atoms with Crippen molar-refractivity contribution in [3.05, 3.63) is 143 Å². The molecule has 0 aliphatic carbocycles. The van der Waals surface area contributed by atoms with E-state index in [0.29, 0.717) is 29.3 Å². The maximum atomic E-state index is 9.67. The number of rotatable bonds is 8. The van der Waals surface area contributed by atoms with Gasteiger partial charge < -0.3 is 29.9 Å². The lowest BCUT2D eigenvalue weighted by Crippen LogP contribution is -2.36. The summed E-state index contributed by atoms with van der Waals surface area (Å²) in [6, 6.07) is 37.3. The Bertz CT molecular complexity index is 2940. The highest BCUT2D eigenvalue weighted by molar-refractivity contribution is 6.35. The lowest BCUT2D eigenvalue weighted by atomic mass is 10.0. The Morgan fingerprint density at radius 3 is 1.52 bits per heavy atom. The molecule has 10 rings (SSSR count). The smallest absolute Gasteiger partial charge is 0.132 e.